The lowest BCUT2D eigenvalue weighted by molar-refractivity contribution is -0.112. The van der Waals surface area contributed by atoms with Gasteiger partial charge in [0, 0.05) is 33.5 Å². The molecule has 0 atom stereocenters. The third-order valence-electron chi connectivity index (χ3n) is 5.06. The molecule has 1 amide bonds. The first-order chi connectivity index (χ1) is 14.9. The fourth-order valence-electron chi connectivity index (χ4n) is 3.53. The van der Waals surface area contributed by atoms with Crippen LogP contribution in [0.25, 0.3) is 10.9 Å². The second kappa shape index (κ2) is 8.53. The first kappa shape index (κ1) is 21.1. The van der Waals surface area contributed by atoms with E-state index in [0.717, 1.165) is 16.8 Å². The Labute approximate surface area is 188 Å². The van der Waals surface area contributed by atoms with Crippen LogP contribution in [0.1, 0.15) is 27.3 Å². The Balaban J connectivity index is 1.77. The molecule has 0 aliphatic carbocycles. The molecule has 0 unspecified atom stereocenters. The van der Waals surface area contributed by atoms with Crippen molar-refractivity contribution in [2.75, 3.05) is 12.4 Å². The molecule has 158 valence electrons. The first-order valence-electron chi connectivity index (χ1n) is 9.56. The molecule has 0 bridgehead atoms. The van der Waals surface area contributed by atoms with Gasteiger partial charge in [0.05, 0.1) is 18.4 Å². The summed E-state index contributed by atoms with van der Waals surface area (Å²) >= 11 is 7.29. The molecule has 0 radical (unpaired) electrons. The van der Waals surface area contributed by atoms with Gasteiger partial charge in [-0.25, -0.2) is 4.98 Å². The molecule has 0 aliphatic heterocycles. The van der Waals surface area contributed by atoms with Gasteiger partial charge in [0.15, 0.2) is 5.13 Å². The Hall–Kier alpha value is -3.16. The molecular formula is C23H20ClN3O3S. The summed E-state index contributed by atoms with van der Waals surface area (Å²) in [4.78, 5) is 30.1. The summed E-state index contributed by atoms with van der Waals surface area (Å²) in [5.74, 6) is -0.717. The molecule has 0 fully saturated rings. The lowest BCUT2D eigenvalue weighted by atomic mass is 10.1. The average Bonchev–Trinajstić information content (AvgIpc) is 3.29. The Morgan fingerprint density at radius 2 is 1.90 bits per heavy atom. The molecule has 0 saturated carbocycles. The summed E-state index contributed by atoms with van der Waals surface area (Å²) in [5.41, 5.74) is 3.71. The van der Waals surface area contributed by atoms with Gasteiger partial charge in [0.1, 0.15) is 5.75 Å². The zero-order valence-corrected chi connectivity index (χ0v) is 18.8. The number of anilines is 1. The van der Waals surface area contributed by atoms with Crippen LogP contribution in [0.5, 0.6) is 5.75 Å². The molecule has 6 nitrogen and oxygen atoms in total. The molecule has 0 aliphatic rings. The molecule has 8 heteroatoms. The molecule has 0 spiro atoms. The topological polar surface area (TPSA) is 73.2 Å². The van der Waals surface area contributed by atoms with Crippen LogP contribution in [0.2, 0.25) is 5.02 Å². The maximum absolute atomic E-state index is 13.2. The minimum atomic E-state index is -0.717. The van der Waals surface area contributed by atoms with E-state index in [4.69, 9.17) is 16.3 Å². The van der Waals surface area contributed by atoms with Crippen LogP contribution in [0, 0.1) is 13.8 Å². The quantitative estimate of drug-likeness (QED) is 0.320. The molecule has 1 N–H and O–H groups in total. The van der Waals surface area contributed by atoms with E-state index in [1.165, 1.54) is 11.3 Å². The van der Waals surface area contributed by atoms with Gasteiger partial charge in [-0.2, -0.15) is 0 Å². The number of thiazole rings is 1. The number of aryl methyl sites for hydroxylation is 1. The van der Waals surface area contributed by atoms with Crippen LogP contribution in [0.4, 0.5) is 5.13 Å². The van der Waals surface area contributed by atoms with E-state index < -0.39 is 11.7 Å². The number of nitrogens with zero attached hydrogens (tertiary/aromatic N) is 2. The summed E-state index contributed by atoms with van der Waals surface area (Å²) < 4.78 is 7.37. The molecule has 31 heavy (non-hydrogen) atoms. The SMILES string of the molecule is COc1ccc2c(c1)c(C(=O)C(=O)Nc1nc(C)cs1)c(C)n2Cc1ccc(Cl)cc1. The predicted molar refractivity (Wildman–Crippen MR) is 124 cm³/mol. The van der Waals surface area contributed by atoms with Crippen molar-refractivity contribution in [2.24, 2.45) is 0 Å². The number of nitrogens with one attached hydrogen (secondary N) is 1. The highest BCUT2D eigenvalue weighted by Gasteiger charge is 2.26. The van der Waals surface area contributed by atoms with Gasteiger partial charge >= 0.3 is 0 Å². The van der Waals surface area contributed by atoms with Crippen molar-refractivity contribution in [3.8, 4) is 5.75 Å². The summed E-state index contributed by atoms with van der Waals surface area (Å²) in [6, 6.07) is 13.1. The van der Waals surface area contributed by atoms with Gasteiger partial charge in [-0.3, -0.25) is 14.9 Å². The summed E-state index contributed by atoms with van der Waals surface area (Å²) in [6.07, 6.45) is 0. The number of carbonyl (C=O) groups is 2. The monoisotopic (exact) mass is 453 g/mol. The third-order valence-corrected chi connectivity index (χ3v) is 6.18. The lowest BCUT2D eigenvalue weighted by Gasteiger charge is -2.09. The molecule has 2 aromatic heterocycles. The molecule has 0 saturated heterocycles. The minimum Gasteiger partial charge on any atom is -0.497 e. The number of benzene rings is 2. The lowest BCUT2D eigenvalue weighted by Crippen LogP contribution is -2.23. The fourth-order valence-corrected chi connectivity index (χ4v) is 4.34. The number of aromatic nitrogens is 2. The van der Waals surface area contributed by atoms with Gasteiger partial charge in [-0.05, 0) is 49.7 Å². The highest BCUT2D eigenvalue weighted by atomic mass is 35.5. The second-order valence-corrected chi connectivity index (χ2v) is 8.43. The van der Waals surface area contributed by atoms with E-state index >= 15 is 0 Å². The van der Waals surface area contributed by atoms with E-state index in [1.807, 2.05) is 60.2 Å². The van der Waals surface area contributed by atoms with Crippen LogP contribution < -0.4 is 10.1 Å². The van der Waals surface area contributed by atoms with E-state index in [-0.39, 0.29) is 0 Å². The predicted octanol–water partition coefficient (Wildman–Crippen LogP) is 5.25. The largest absolute Gasteiger partial charge is 0.497 e. The number of methoxy groups -OCH3 is 1. The first-order valence-corrected chi connectivity index (χ1v) is 10.8. The van der Waals surface area contributed by atoms with Crippen molar-refractivity contribution in [3.05, 3.63) is 75.4 Å². The van der Waals surface area contributed by atoms with Gasteiger partial charge in [-0.15, -0.1) is 11.3 Å². The summed E-state index contributed by atoms with van der Waals surface area (Å²) in [6.45, 7) is 4.21. The van der Waals surface area contributed by atoms with Crippen molar-refractivity contribution < 1.29 is 14.3 Å². The van der Waals surface area contributed by atoms with Crippen molar-refractivity contribution >= 4 is 50.7 Å². The maximum atomic E-state index is 13.2. The van der Waals surface area contributed by atoms with Crippen LogP contribution in [-0.4, -0.2) is 28.4 Å². The zero-order valence-electron chi connectivity index (χ0n) is 17.2. The summed E-state index contributed by atoms with van der Waals surface area (Å²) in [5, 5.41) is 6.15. The number of rotatable bonds is 6. The van der Waals surface area contributed by atoms with Crippen molar-refractivity contribution in [3.63, 3.8) is 0 Å². The van der Waals surface area contributed by atoms with Gasteiger partial charge in [0.25, 0.3) is 11.7 Å². The molecule has 4 aromatic rings. The number of ether oxygens (including phenoxy) is 1. The van der Waals surface area contributed by atoms with Crippen LogP contribution in [-0.2, 0) is 11.3 Å². The van der Waals surface area contributed by atoms with Crippen LogP contribution >= 0.6 is 22.9 Å². The van der Waals surface area contributed by atoms with Gasteiger partial charge in [-0.1, -0.05) is 23.7 Å². The Kier molecular flexibility index (Phi) is 5.80. The van der Waals surface area contributed by atoms with E-state index in [1.54, 1.807) is 13.2 Å². The Morgan fingerprint density at radius 1 is 1.16 bits per heavy atom. The minimum absolute atomic E-state index is 0.355. The number of ketones is 1. The number of Topliss-reactive ketones (excluding diaryl/α,β-unsaturated/α-hetero) is 1. The van der Waals surface area contributed by atoms with Crippen LogP contribution in [0.3, 0.4) is 0 Å². The molecule has 2 heterocycles. The third kappa shape index (κ3) is 4.19. The fraction of sp³-hybridized carbons (Fsp3) is 0.174. The van der Waals surface area contributed by atoms with E-state index in [9.17, 15) is 9.59 Å². The number of hydrogen-bond acceptors (Lipinski definition) is 5. The molecule has 4 rings (SSSR count). The normalized spacial score (nSPS) is 11.0. The van der Waals surface area contributed by atoms with E-state index in [2.05, 4.69) is 10.3 Å². The number of fused-ring (bicyclic) bond motifs is 1. The van der Waals surface area contributed by atoms with Gasteiger partial charge < -0.3 is 9.30 Å². The molecular weight excluding hydrogens is 434 g/mol. The van der Waals surface area contributed by atoms with Crippen molar-refractivity contribution in [1.82, 2.24) is 9.55 Å². The zero-order chi connectivity index (χ0) is 22.1. The number of carbonyl (C=O) groups excluding carboxylic acids is 2. The molecule has 2 aromatic carbocycles. The number of hydrogen-bond donors (Lipinski definition) is 1. The maximum Gasteiger partial charge on any atom is 0.298 e. The van der Waals surface area contributed by atoms with Crippen molar-refractivity contribution in [1.29, 1.82) is 0 Å². The van der Waals surface area contributed by atoms with Crippen molar-refractivity contribution in [2.45, 2.75) is 20.4 Å². The number of amides is 1. The summed E-state index contributed by atoms with van der Waals surface area (Å²) in [7, 11) is 1.57. The Morgan fingerprint density at radius 3 is 2.55 bits per heavy atom. The van der Waals surface area contributed by atoms with Crippen LogP contribution in [0.15, 0.2) is 47.8 Å². The average molecular weight is 454 g/mol. The van der Waals surface area contributed by atoms with E-state index in [0.29, 0.717) is 39.1 Å². The Bertz CT molecular complexity index is 1290. The second-order valence-electron chi connectivity index (χ2n) is 7.13. The van der Waals surface area contributed by atoms with Gasteiger partial charge in [0.2, 0.25) is 0 Å². The smallest absolute Gasteiger partial charge is 0.298 e. The standard InChI is InChI=1S/C23H20ClN3O3S/c1-13-12-31-23(25-13)26-22(29)21(28)20-14(2)27(11-15-4-6-16(24)7-5-15)19-9-8-17(30-3)10-18(19)20/h4-10,12H,11H2,1-3H3,(H,25,26,29). The highest BCUT2D eigenvalue weighted by molar-refractivity contribution is 7.14. The number of halogens is 1. The highest BCUT2D eigenvalue weighted by Crippen LogP contribution is 2.31.